The molecule has 0 fully saturated rings. The minimum atomic E-state index is -0.548. The summed E-state index contributed by atoms with van der Waals surface area (Å²) in [5.74, 6) is -0.548. The Balaban J connectivity index is 1.44. The van der Waals surface area contributed by atoms with Crippen molar-refractivity contribution in [2.45, 2.75) is 13.5 Å². The van der Waals surface area contributed by atoms with Crippen LogP contribution in [0, 0.1) is 6.92 Å². The highest BCUT2D eigenvalue weighted by molar-refractivity contribution is 6.32. The van der Waals surface area contributed by atoms with Gasteiger partial charge in [-0.3, -0.25) is 9.59 Å². The average molecular weight is 497 g/mol. The Morgan fingerprint density at radius 1 is 0.944 bits per heavy atom. The number of benzene rings is 3. The van der Waals surface area contributed by atoms with E-state index in [0.29, 0.717) is 27.2 Å². The van der Waals surface area contributed by atoms with E-state index in [-0.39, 0.29) is 17.8 Å². The number of halogens is 1. The zero-order valence-corrected chi connectivity index (χ0v) is 20.1. The molecule has 5 rings (SSSR count). The number of hydrogen-bond donors (Lipinski definition) is 1. The van der Waals surface area contributed by atoms with Crippen molar-refractivity contribution in [2.24, 2.45) is 5.10 Å². The molecule has 178 valence electrons. The first-order valence-corrected chi connectivity index (χ1v) is 11.6. The van der Waals surface area contributed by atoms with Crippen LogP contribution in [0.25, 0.3) is 16.5 Å². The van der Waals surface area contributed by atoms with Gasteiger partial charge in [-0.15, -0.1) is 0 Å². The van der Waals surface area contributed by atoms with E-state index in [2.05, 4.69) is 20.7 Å². The fourth-order valence-corrected chi connectivity index (χ4v) is 4.19. The molecule has 0 unspecified atom stereocenters. The minimum Gasteiger partial charge on any atom is -0.267 e. The molecule has 2 aromatic heterocycles. The average Bonchev–Trinajstić information content (AvgIpc) is 3.20. The summed E-state index contributed by atoms with van der Waals surface area (Å²) in [5, 5.41) is 14.2. The second-order valence-electron chi connectivity index (χ2n) is 8.08. The summed E-state index contributed by atoms with van der Waals surface area (Å²) >= 11 is 6.54. The van der Waals surface area contributed by atoms with Gasteiger partial charge in [-0.2, -0.15) is 15.3 Å². The quantitative estimate of drug-likeness (QED) is 0.279. The van der Waals surface area contributed by atoms with Crippen LogP contribution < -0.4 is 11.0 Å². The molecule has 5 aromatic rings. The second kappa shape index (κ2) is 9.97. The van der Waals surface area contributed by atoms with Crippen LogP contribution in [0.1, 0.15) is 27.3 Å². The number of hydrazone groups is 1. The molecule has 0 spiro atoms. The van der Waals surface area contributed by atoms with Gasteiger partial charge in [0.25, 0.3) is 11.5 Å². The third-order valence-corrected chi connectivity index (χ3v) is 6.03. The van der Waals surface area contributed by atoms with Crippen molar-refractivity contribution < 1.29 is 4.79 Å². The number of aryl methyl sites for hydroxylation is 1. The van der Waals surface area contributed by atoms with Crippen molar-refractivity contribution in [1.82, 2.24) is 25.0 Å². The van der Waals surface area contributed by atoms with Crippen molar-refractivity contribution in [3.05, 3.63) is 123 Å². The molecule has 36 heavy (non-hydrogen) atoms. The highest BCUT2D eigenvalue weighted by atomic mass is 35.5. The summed E-state index contributed by atoms with van der Waals surface area (Å²) in [6, 6.07) is 25.8. The molecule has 0 saturated carbocycles. The second-order valence-corrected chi connectivity index (χ2v) is 8.44. The highest BCUT2D eigenvalue weighted by Crippen LogP contribution is 2.22. The SMILES string of the molecule is Cc1nn(-c2ccccc2)c(Cl)c1/C=N\NC(=O)c1nn(Cc2ccccc2)c(=O)c2ccccc12. The van der Waals surface area contributed by atoms with Crippen LogP contribution in [0.15, 0.2) is 94.8 Å². The number of hydrogen-bond acceptors (Lipinski definition) is 5. The van der Waals surface area contributed by atoms with Gasteiger partial charge in [0.1, 0.15) is 5.15 Å². The Hall–Kier alpha value is -4.56. The first-order chi connectivity index (χ1) is 17.5. The van der Waals surface area contributed by atoms with E-state index in [1.807, 2.05) is 67.6 Å². The number of aromatic nitrogens is 4. The lowest BCUT2D eigenvalue weighted by Gasteiger charge is -2.10. The van der Waals surface area contributed by atoms with Gasteiger partial charge in [0.15, 0.2) is 5.69 Å². The standard InChI is InChI=1S/C27H21ClN6O2/c1-18-23(25(28)34(31-18)20-12-6-3-7-13-20)16-29-30-26(35)24-21-14-8-9-15-22(21)27(36)33(32-24)17-19-10-4-2-5-11-19/h2-16H,17H2,1H3,(H,30,35)/b29-16-. The van der Waals surface area contributed by atoms with Crippen molar-refractivity contribution >= 4 is 34.5 Å². The largest absolute Gasteiger partial charge is 0.292 e. The number of carbonyl (C=O) groups excluding carboxylic acids is 1. The van der Waals surface area contributed by atoms with E-state index in [9.17, 15) is 9.59 Å². The fraction of sp³-hybridized carbons (Fsp3) is 0.0741. The summed E-state index contributed by atoms with van der Waals surface area (Å²) in [4.78, 5) is 26.1. The molecule has 0 radical (unpaired) electrons. The highest BCUT2D eigenvalue weighted by Gasteiger charge is 2.17. The van der Waals surface area contributed by atoms with Gasteiger partial charge in [-0.05, 0) is 30.7 Å². The third-order valence-electron chi connectivity index (χ3n) is 5.67. The first kappa shape index (κ1) is 23.2. The third kappa shape index (κ3) is 4.54. The van der Waals surface area contributed by atoms with Crippen molar-refractivity contribution in [3.63, 3.8) is 0 Å². The molecule has 1 N–H and O–H groups in total. The normalized spacial score (nSPS) is 11.3. The Kier molecular flexibility index (Phi) is 6.42. The molecule has 3 aromatic carbocycles. The Morgan fingerprint density at radius 3 is 2.31 bits per heavy atom. The predicted molar refractivity (Wildman–Crippen MR) is 140 cm³/mol. The van der Waals surface area contributed by atoms with E-state index < -0.39 is 5.91 Å². The number of nitrogens with zero attached hydrogens (tertiary/aromatic N) is 5. The van der Waals surface area contributed by atoms with Crippen LogP contribution in [-0.2, 0) is 6.54 Å². The number of fused-ring (bicyclic) bond motifs is 1. The molecular formula is C27H21ClN6O2. The van der Waals surface area contributed by atoms with Gasteiger partial charge >= 0.3 is 0 Å². The van der Waals surface area contributed by atoms with Crippen LogP contribution in [0.5, 0.6) is 0 Å². The molecule has 0 bridgehead atoms. The van der Waals surface area contributed by atoms with Gasteiger partial charge in [0.2, 0.25) is 0 Å². The number of nitrogens with one attached hydrogen (secondary N) is 1. The van der Waals surface area contributed by atoms with E-state index in [1.165, 1.54) is 10.9 Å². The van der Waals surface area contributed by atoms with E-state index >= 15 is 0 Å². The number of amides is 1. The first-order valence-electron chi connectivity index (χ1n) is 11.2. The minimum absolute atomic E-state index is 0.0982. The van der Waals surface area contributed by atoms with Crippen LogP contribution in [-0.4, -0.2) is 31.7 Å². The molecule has 1 amide bonds. The number of para-hydroxylation sites is 1. The zero-order valence-electron chi connectivity index (χ0n) is 19.3. The molecule has 0 saturated heterocycles. The van der Waals surface area contributed by atoms with E-state index in [0.717, 1.165) is 11.3 Å². The number of rotatable bonds is 6. The smallest absolute Gasteiger partial charge is 0.267 e. The molecule has 0 aliphatic rings. The predicted octanol–water partition coefficient (Wildman–Crippen LogP) is 4.36. The maximum absolute atomic E-state index is 13.1. The van der Waals surface area contributed by atoms with Crippen molar-refractivity contribution in [1.29, 1.82) is 0 Å². The van der Waals surface area contributed by atoms with Crippen molar-refractivity contribution in [3.8, 4) is 5.69 Å². The summed E-state index contributed by atoms with van der Waals surface area (Å²) in [5.41, 5.74) is 5.27. The van der Waals surface area contributed by atoms with E-state index in [4.69, 9.17) is 11.6 Å². The van der Waals surface area contributed by atoms with Gasteiger partial charge < -0.3 is 0 Å². The Labute approximate surface area is 211 Å². The number of carbonyl (C=O) groups is 1. The fourth-order valence-electron chi connectivity index (χ4n) is 3.87. The van der Waals surface area contributed by atoms with Gasteiger partial charge in [0.05, 0.1) is 35.1 Å². The Morgan fingerprint density at radius 2 is 1.58 bits per heavy atom. The Bertz CT molecular complexity index is 1640. The molecule has 8 nitrogen and oxygen atoms in total. The topological polar surface area (TPSA) is 94.2 Å². The maximum Gasteiger partial charge on any atom is 0.292 e. The molecular weight excluding hydrogens is 476 g/mol. The van der Waals surface area contributed by atoms with E-state index in [1.54, 1.807) is 28.9 Å². The maximum atomic E-state index is 13.1. The molecule has 2 heterocycles. The lowest BCUT2D eigenvalue weighted by molar-refractivity contribution is 0.0949. The van der Waals surface area contributed by atoms with Crippen molar-refractivity contribution in [2.75, 3.05) is 0 Å². The lowest BCUT2D eigenvalue weighted by Crippen LogP contribution is -2.29. The summed E-state index contributed by atoms with van der Waals surface area (Å²) in [7, 11) is 0. The van der Waals surface area contributed by atoms with Gasteiger partial charge in [-0.25, -0.2) is 14.8 Å². The lowest BCUT2D eigenvalue weighted by atomic mass is 10.1. The summed E-state index contributed by atoms with van der Waals surface area (Å²) < 4.78 is 2.90. The van der Waals surface area contributed by atoms with Gasteiger partial charge in [0, 0.05) is 5.39 Å². The molecule has 0 atom stereocenters. The monoisotopic (exact) mass is 496 g/mol. The molecule has 0 aliphatic heterocycles. The van der Waals surface area contributed by atoms with Gasteiger partial charge in [-0.1, -0.05) is 78.3 Å². The van der Waals surface area contributed by atoms with Crippen LogP contribution in [0.3, 0.4) is 0 Å². The summed E-state index contributed by atoms with van der Waals surface area (Å²) in [6.07, 6.45) is 1.45. The van der Waals surface area contributed by atoms with Crippen LogP contribution >= 0.6 is 11.6 Å². The molecule has 9 heteroatoms. The molecule has 0 aliphatic carbocycles. The van der Waals surface area contributed by atoms with Crippen LogP contribution in [0.2, 0.25) is 5.15 Å². The van der Waals surface area contributed by atoms with Crippen LogP contribution in [0.4, 0.5) is 0 Å². The summed E-state index contributed by atoms with van der Waals surface area (Å²) in [6.45, 7) is 2.05. The zero-order chi connectivity index (χ0) is 25.1.